The Morgan fingerprint density at radius 3 is 2.75 bits per heavy atom. The monoisotopic (exact) mass is 239 g/mol. The van der Waals surface area contributed by atoms with Crippen LogP contribution in [0.4, 0.5) is 0 Å². The zero-order valence-electron chi connectivity index (χ0n) is 9.20. The number of amides is 1. The molecule has 0 spiro atoms. The van der Waals surface area contributed by atoms with E-state index in [4.69, 9.17) is 16.3 Å². The van der Waals surface area contributed by atoms with Gasteiger partial charge in [0.05, 0.1) is 13.2 Å². The van der Waals surface area contributed by atoms with Crippen LogP contribution in [0.3, 0.4) is 0 Å². The Hall–Kier alpha value is -1.06. The lowest BCUT2D eigenvalue weighted by atomic mass is 10.1. The molecule has 16 heavy (non-hydrogen) atoms. The molecule has 86 valence electrons. The van der Waals surface area contributed by atoms with Crippen molar-refractivity contribution in [2.75, 3.05) is 26.3 Å². The summed E-state index contributed by atoms with van der Waals surface area (Å²) in [6.45, 7) is 4.42. The van der Waals surface area contributed by atoms with Gasteiger partial charge in [0.1, 0.15) is 0 Å². The normalized spacial score (nSPS) is 16.2. The second-order valence-electron chi connectivity index (χ2n) is 3.82. The minimum Gasteiger partial charge on any atom is -0.378 e. The maximum absolute atomic E-state index is 12.2. The Labute approximate surface area is 100.0 Å². The molecule has 0 unspecified atom stereocenters. The quantitative estimate of drug-likeness (QED) is 0.751. The minimum atomic E-state index is 0.0447. The topological polar surface area (TPSA) is 29.5 Å². The first-order valence-corrected chi connectivity index (χ1v) is 5.70. The molecule has 1 heterocycles. The van der Waals surface area contributed by atoms with Gasteiger partial charge in [-0.25, -0.2) is 0 Å². The van der Waals surface area contributed by atoms with E-state index >= 15 is 0 Å². The third-order valence-corrected chi connectivity index (χ3v) is 3.21. The van der Waals surface area contributed by atoms with Gasteiger partial charge in [-0.2, -0.15) is 0 Å². The number of benzene rings is 1. The predicted molar refractivity (Wildman–Crippen MR) is 62.9 cm³/mol. The lowest BCUT2D eigenvalue weighted by molar-refractivity contribution is 0.0302. The standard InChI is InChI=1S/C12H14ClNO2/c1-9-10(3-2-4-11(9)13)12(15)14-5-7-16-8-6-14/h2-4H,5-8H2,1H3. The second-order valence-corrected chi connectivity index (χ2v) is 4.22. The van der Waals surface area contributed by atoms with Gasteiger partial charge in [-0.15, -0.1) is 0 Å². The van der Waals surface area contributed by atoms with Crippen molar-refractivity contribution in [1.82, 2.24) is 4.90 Å². The molecule has 4 heteroatoms. The van der Waals surface area contributed by atoms with E-state index in [2.05, 4.69) is 0 Å². The molecule has 2 rings (SSSR count). The number of carbonyl (C=O) groups is 1. The molecule has 0 N–H and O–H groups in total. The Bertz CT molecular complexity index is 400. The summed E-state index contributed by atoms with van der Waals surface area (Å²) in [4.78, 5) is 14.0. The Morgan fingerprint density at radius 1 is 1.38 bits per heavy atom. The van der Waals surface area contributed by atoms with Crippen LogP contribution in [-0.2, 0) is 4.74 Å². The largest absolute Gasteiger partial charge is 0.378 e. The molecule has 1 aromatic rings. The maximum Gasteiger partial charge on any atom is 0.254 e. The van der Waals surface area contributed by atoms with Crippen molar-refractivity contribution < 1.29 is 9.53 Å². The van der Waals surface area contributed by atoms with Gasteiger partial charge in [-0.3, -0.25) is 4.79 Å². The molecule has 1 amide bonds. The van der Waals surface area contributed by atoms with E-state index in [1.54, 1.807) is 6.07 Å². The van der Waals surface area contributed by atoms with E-state index in [0.717, 1.165) is 5.56 Å². The summed E-state index contributed by atoms with van der Waals surface area (Å²) in [5, 5.41) is 0.638. The van der Waals surface area contributed by atoms with Crippen molar-refractivity contribution in [3.63, 3.8) is 0 Å². The highest BCUT2D eigenvalue weighted by atomic mass is 35.5. The van der Waals surface area contributed by atoms with E-state index < -0.39 is 0 Å². The fraction of sp³-hybridized carbons (Fsp3) is 0.417. The Morgan fingerprint density at radius 2 is 2.06 bits per heavy atom. The molecule has 0 saturated carbocycles. The van der Waals surface area contributed by atoms with Gasteiger partial charge in [-0.05, 0) is 24.6 Å². The first-order chi connectivity index (χ1) is 7.70. The number of rotatable bonds is 1. The third-order valence-electron chi connectivity index (χ3n) is 2.80. The van der Waals surface area contributed by atoms with Gasteiger partial charge in [0.15, 0.2) is 0 Å². The summed E-state index contributed by atoms with van der Waals surface area (Å²) >= 11 is 6.00. The van der Waals surface area contributed by atoms with Crippen LogP contribution in [0.5, 0.6) is 0 Å². The van der Waals surface area contributed by atoms with Crippen LogP contribution in [-0.4, -0.2) is 37.1 Å². The van der Waals surface area contributed by atoms with Gasteiger partial charge in [-0.1, -0.05) is 17.7 Å². The second kappa shape index (κ2) is 4.85. The molecule has 1 aliphatic rings. The smallest absolute Gasteiger partial charge is 0.254 e. The lowest BCUT2D eigenvalue weighted by Gasteiger charge is -2.27. The van der Waals surface area contributed by atoms with E-state index in [0.29, 0.717) is 36.9 Å². The number of morpholine rings is 1. The van der Waals surface area contributed by atoms with E-state index in [9.17, 15) is 4.79 Å². The van der Waals surface area contributed by atoms with E-state index in [1.165, 1.54) is 0 Å². The Balaban J connectivity index is 2.22. The average molecular weight is 240 g/mol. The minimum absolute atomic E-state index is 0.0447. The molecule has 1 aliphatic heterocycles. The molecule has 0 atom stereocenters. The predicted octanol–water partition coefficient (Wildman–Crippen LogP) is 2.12. The highest BCUT2D eigenvalue weighted by molar-refractivity contribution is 6.31. The summed E-state index contributed by atoms with van der Waals surface area (Å²) < 4.78 is 5.22. The number of nitrogens with zero attached hydrogens (tertiary/aromatic N) is 1. The van der Waals surface area contributed by atoms with Crippen LogP contribution in [0.2, 0.25) is 5.02 Å². The first-order valence-electron chi connectivity index (χ1n) is 5.32. The van der Waals surface area contributed by atoms with Gasteiger partial charge < -0.3 is 9.64 Å². The van der Waals surface area contributed by atoms with Gasteiger partial charge in [0, 0.05) is 23.7 Å². The fourth-order valence-electron chi connectivity index (χ4n) is 1.78. The average Bonchev–Trinajstić information content (AvgIpc) is 2.33. The molecule has 0 aliphatic carbocycles. The first kappa shape index (κ1) is 11.4. The van der Waals surface area contributed by atoms with Crippen LogP contribution in [0, 0.1) is 6.92 Å². The van der Waals surface area contributed by atoms with E-state index in [-0.39, 0.29) is 5.91 Å². The highest BCUT2D eigenvalue weighted by Gasteiger charge is 2.20. The van der Waals surface area contributed by atoms with Crippen molar-refractivity contribution >= 4 is 17.5 Å². The van der Waals surface area contributed by atoms with Crippen LogP contribution in [0.1, 0.15) is 15.9 Å². The van der Waals surface area contributed by atoms with Crippen molar-refractivity contribution in [2.45, 2.75) is 6.92 Å². The highest BCUT2D eigenvalue weighted by Crippen LogP contribution is 2.20. The molecule has 0 radical (unpaired) electrons. The molecule has 1 saturated heterocycles. The molecular weight excluding hydrogens is 226 g/mol. The number of hydrogen-bond donors (Lipinski definition) is 0. The van der Waals surface area contributed by atoms with Crippen LogP contribution in [0.25, 0.3) is 0 Å². The molecule has 0 aromatic heterocycles. The van der Waals surface area contributed by atoms with Crippen molar-refractivity contribution in [3.05, 3.63) is 34.3 Å². The van der Waals surface area contributed by atoms with Gasteiger partial charge in [0.25, 0.3) is 5.91 Å². The third kappa shape index (κ3) is 2.20. The molecule has 3 nitrogen and oxygen atoms in total. The molecule has 0 bridgehead atoms. The zero-order valence-corrected chi connectivity index (χ0v) is 9.96. The SMILES string of the molecule is Cc1c(Cl)cccc1C(=O)N1CCOCC1. The molecule has 1 fully saturated rings. The van der Waals surface area contributed by atoms with Crippen molar-refractivity contribution in [1.29, 1.82) is 0 Å². The summed E-state index contributed by atoms with van der Waals surface area (Å²) in [5.41, 5.74) is 1.54. The summed E-state index contributed by atoms with van der Waals surface area (Å²) in [6, 6.07) is 5.43. The summed E-state index contributed by atoms with van der Waals surface area (Å²) in [7, 11) is 0. The van der Waals surface area contributed by atoms with Crippen LogP contribution in [0.15, 0.2) is 18.2 Å². The Kier molecular flexibility index (Phi) is 3.46. The van der Waals surface area contributed by atoms with Crippen LogP contribution < -0.4 is 0 Å². The van der Waals surface area contributed by atoms with Crippen molar-refractivity contribution in [2.24, 2.45) is 0 Å². The van der Waals surface area contributed by atoms with E-state index in [1.807, 2.05) is 24.0 Å². The fourth-order valence-corrected chi connectivity index (χ4v) is 1.95. The summed E-state index contributed by atoms with van der Waals surface area (Å²) in [5.74, 6) is 0.0447. The molecular formula is C12H14ClNO2. The van der Waals surface area contributed by atoms with Gasteiger partial charge in [0.2, 0.25) is 0 Å². The molecule has 1 aromatic carbocycles. The number of ether oxygens (including phenoxy) is 1. The lowest BCUT2D eigenvalue weighted by Crippen LogP contribution is -2.40. The number of halogens is 1. The van der Waals surface area contributed by atoms with Crippen molar-refractivity contribution in [3.8, 4) is 0 Å². The summed E-state index contributed by atoms with van der Waals surface area (Å²) in [6.07, 6.45) is 0. The van der Waals surface area contributed by atoms with Crippen LogP contribution >= 0.6 is 11.6 Å². The number of hydrogen-bond acceptors (Lipinski definition) is 2. The number of carbonyl (C=O) groups excluding carboxylic acids is 1. The zero-order chi connectivity index (χ0) is 11.5. The van der Waals surface area contributed by atoms with Gasteiger partial charge >= 0.3 is 0 Å². The maximum atomic E-state index is 12.2.